The number of hydrogen-bond donors (Lipinski definition) is 1. The number of methoxy groups -OCH3 is 1. The van der Waals surface area contributed by atoms with Crippen LogP contribution in [0.15, 0.2) is 18.2 Å². The molecule has 1 aliphatic heterocycles. The summed E-state index contributed by atoms with van der Waals surface area (Å²) >= 11 is 0. The zero-order chi connectivity index (χ0) is 15.4. The van der Waals surface area contributed by atoms with E-state index in [-0.39, 0.29) is 5.97 Å². The molecule has 1 aromatic rings. The van der Waals surface area contributed by atoms with Gasteiger partial charge >= 0.3 is 5.97 Å². The SMILES string of the molecule is CCC(C)N1CCN(c2ccc(C(=O)OC)cc2N)CC1. The minimum Gasteiger partial charge on any atom is -0.465 e. The van der Waals surface area contributed by atoms with Gasteiger partial charge in [0.2, 0.25) is 0 Å². The van der Waals surface area contributed by atoms with E-state index in [1.54, 1.807) is 12.1 Å². The Morgan fingerprint density at radius 2 is 2.00 bits per heavy atom. The van der Waals surface area contributed by atoms with Gasteiger partial charge in [-0.15, -0.1) is 0 Å². The number of nitrogens with two attached hydrogens (primary N) is 1. The van der Waals surface area contributed by atoms with Crippen molar-refractivity contribution in [2.75, 3.05) is 43.9 Å². The van der Waals surface area contributed by atoms with Crippen LogP contribution in [0.3, 0.4) is 0 Å². The van der Waals surface area contributed by atoms with E-state index in [0.717, 1.165) is 31.9 Å². The van der Waals surface area contributed by atoms with Crippen molar-refractivity contribution in [2.45, 2.75) is 26.3 Å². The van der Waals surface area contributed by atoms with Crippen molar-refractivity contribution in [3.8, 4) is 0 Å². The monoisotopic (exact) mass is 291 g/mol. The number of ether oxygens (including phenoxy) is 1. The third kappa shape index (κ3) is 3.47. The quantitative estimate of drug-likeness (QED) is 0.679. The molecule has 2 rings (SSSR count). The van der Waals surface area contributed by atoms with Crippen molar-refractivity contribution < 1.29 is 9.53 Å². The van der Waals surface area contributed by atoms with Crippen molar-refractivity contribution in [2.24, 2.45) is 0 Å². The Hall–Kier alpha value is -1.75. The van der Waals surface area contributed by atoms with E-state index in [1.807, 2.05) is 6.07 Å². The zero-order valence-electron chi connectivity index (χ0n) is 13.1. The molecule has 0 amide bonds. The van der Waals surface area contributed by atoms with Crippen LogP contribution in [0, 0.1) is 0 Å². The Morgan fingerprint density at radius 1 is 1.33 bits per heavy atom. The van der Waals surface area contributed by atoms with Gasteiger partial charge in [0.15, 0.2) is 0 Å². The lowest BCUT2D eigenvalue weighted by atomic mass is 10.1. The summed E-state index contributed by atoms with van der Waals surface area (Å²) < 4.78 is 4.71. The topological polar surface area (TPSA) is 58.8 Å². The van der Waals surface area contributed by atoms with Crippen molar-refractivity contribution in [3.63, 3.8) is 0 Å². The molecule has 0 aromatic heterocycles. The summed E-state index contributed by atoms with van der Waals surface area (Å²) in [6.45, 7) is 8.52. The first-order valence-electron chi connectivity index (χ1n) is 7.53. The largest absolute Gasteiger partial charge is 0.465 e. The Morgan fingerprint density at radius 3 is 2.52 bits per heavy atom. The van der Waals surface area contributed by atoms with E-state index >= 15 is 0 Å². The highest BCUT2D eigenvalue weighted by Crippen LogP contribution is 2.26. The van der Waals surface area contributed by atoms with Crippen molar-refractivity contribution in [1.29, 1.82) is 0 Å². The Bertz CT molecular complexity index is 496. The summed E-state index contributed by atoms with van der Waals surface area (Å²) in [5.41, 5.74) is 8.24. The molecule has 1 aromatic carbocycles. The van der Waals surface area contributed by atoms with Crippen molar-refractivity contribution in [1.82, 2.24) is 4.90 Å². The van der Waals surface area contributed by atoms with Gasteiger partial charge in [0.25, 0.3) is 0 Å². The summed E-state index contributed by atoms with van der Waals surface area (Å²) in [6.07, 6.45) is 1.18. The molecule has 0 radical (unpaired) electrons. The number of hydrogen-bond acceptors (Lipinski definition) is 5. The highest BCUT2D eigenvalue weighted by molar-refractivity contribution is 5.92. The minimum atomic E-state index is -0.352. The molecule has 1 aliphatic rings. The molecule has 5 heteroatoms. The second-order valence-electron chi connectivity index (χ2n) is 5.55. The van der Waals surface area contributed by atoms with Crippen LogP contribution >= 0.6 is 0 Å². The van der Waals surface area contributed by atoms with Gasteiger partial charge in [0, 0.05) is 32.2 Å². The summed E-state index contributed by atoms with van der Waals surface area (Å²) in [5, 5.41) is 0. The Balaban J connectivity index is 2.05. The average molecular weight is 291 g/mol. The normalized spacial score (nSPS) is 17.6. The van der Waals surface area contributed by atoms with Crippen LogP contribution in [0.25, 0.3) is 0 Å². The zero-order valence-corrected chi connectivity index (χ0v) is 13.1. The molecule has 0 bridgehead atoms. The fraction of sp³-hybridized carbons (Fsp3) is 0.562. The van der Waals surface area contributed by atoms with E-state index in [4.69, 9.17) is 10.5 Å². The molecule has 1 fully saturated rings. The molecule has 1 atom stereocenters. The van der Waals surface area contributed by atoms with E-state index in [2.05, 4.69) is 23.6 Å². The molecule has 0 saturated carbocycles. The first-order valence-corrected chi connectivity index (χ1v) is 7.53. The van der Waals surface area contributed by atoms with Gasteiger partial charge in [-0.3, -0.25) is 4.90 Å². The summed E-state index contributed by atoms with van der Waals surface area (Å²) in [6, 6.07) is 6.02. The molecule has 116 valence electrons. The van der Waals surface area contributed by atoms with Crippen LogP contribution in [0.4, 0.5) is 11.4 Å². The predicted molar refractivity (Wildman–Crippen MR) is 85.7 cm³/mol. The van der Waals surface area contributed by atoms with E-state index in [0.29, 0.717) is 17.3 Å². The number of piperazine rings is 1. The number of anilines is 2. The molecule has 0 spiro atoms. The van der Waals surface area contributed by atoms with Crippen LogP contribution in [0.1, 0.15) is 30.6 Å². The number of nitrogen functional groups attached to an aromatic ring is 1. The molecule has 0 aliphatic carbocycles. The number of carbonyl (C=O) groups excluding carboxylic acids is 1. The number of esters is 1. The van der Waals surface area contributed by atoms with Crippen molar-refractivity contribution in [3.05, 3.63) is 23.8 Å². The maximum absolute atomic E-state index is 11.5. The number of benzene rings is 1. The van der Waals surface area contributed by atoms with Crippen LogP contribution in [0.5, 0.6) is 0 Å². The van der Waals surface area contributed by atoms with E-state index in [1.165, 1.54) is 13.5 Å². The lowest BCUT2D eigenvalue weighted by molar-refractivity contribution is 0.0601. The Labute approximate surface area is 126 Å². The van der Waals surface area contributed by atoms with E-state index in [9.17, 15) is 4.79 Å². The molecule has 1 unspecified atom stereocenters. The van der Waals surface area contributed by atoms with Gasteiger partial charge in [0.05, 0.1) is 24.0 Å². The number of nitrogens with zero attached hydrogens (tertiary/aromatic N) is 2. The second kappa shape index (κ2) is 6.80. The first kappa shape index (κ1) is 15.6. The maximum atomic E-state index is 11.5. The minimum absolute atomic E-state index is 0.352. The smallest absolute Gasteiger partial charge is 0.337 e. The third-order valence-electron chi connectivity index (χ3n) is 4.32. The van der Waals surface area contributed by atoms with Crippen LogP contribution in [-0.4, -0.2) is 50.2 Å². The van der Waals surface area contributed by atoms with E-state index < -0.39 is 0 Å². The van der Waals surface area contributed by atoms with Crippen LogP contribution in [-0.2, 0) is 4.74 Å². The van der Waals surface area contributed by atoms with Gasteiger partial charge in [-0.1, -0.05) is 6.92 Å². The van der Waals surface area contributed by atoms with Crippen LogP contribution in [0.2, 0.25) is 0 Å². The molecule has 5 nitrogen and oxygen atoms in total. The molecule has 21 heavy (non-hydrogen) atoms. The number of carbonyl (C=O) groups is 1. The maximum Gasteiger partial charge on any atom is 0.337 e. The van der Waals surface area contributed by atoms with Gasteiger partial charge in [-0.25, -0.2) is 4.79 Å². The first-order chi connectivity index (χ1) is 10.1. The van der Waals surface area contributed by atoms with Gasteiger partial charge in [0.1, 0.15) is 0 Å². The summed E-state index contributed by atoms with van der Waals surface area (Å²) in [7, 11) is 1.38. The van der Waals surface area contributed by atoms with Gasteiger partial charge < -0.3 is 15.4 Å². The lowest BCUT2D eigenvalue weighted by Crippen LogP contribution is -2.49. The molecule has 1 heterocycles. The summed E-state index contributed by atoms with van der Waals surface area (Å²) in [4.78, 5) is 16.3. The molecule has 1 saturated heterocycles. The van der Waals surface area contributed by atoms with Crippen molar-refractivity contribution >= 4 is 17.3 Å². The molecular weight excluding hydrogens is 266 g/mol. The fourth-order valence-electron chi connectivity index (χ4n) is 2.75. The molecule has 2 N–H and O–H groups in total. The highest BCUT2D eigenvalue weighted by Gasteiger charge is 2.21. The molecular formula is C16H25N3O2. The number of rotatable bonds is 4. The van der Waals surface area contributed by atoms with Gasteiger partial charge in [-0.05, 0) is 31.5 Å². The fourth-order valence-corrected chi connectivity index (χ4v) is 2.75. The second-order valence-corrected chi connectivity index (χ2v) is 5.55. The average Bonchev–Trinajstić information content (AvgIpc) is 2.53. The Kier molecular flexibility index (Phi) is 5.07. The third-order valence-corrected chi connectivity index (χ3v) is 4.32. The standard InChI is InChI=1S/C16H25N3O2/c1-4-12(2)18-7-9-19(10-8-18)15-6-5-13(11-14(15)17)16(20)21-3/h5-6,11-12H,4,7-10,17H2,1-3H3. The lowest BCUT2D eigenvalue weighted by Gasteiger charge is -2.39. The van der Waals surface area contributed by atoms with Gasteiger partial charge in [-0.2, -0.15) is 0 Å². The summed E-state index contributed by atoms with van der Waals surface area (Å²) in [5.74, 6) is -0.352. The predicted octanol–water partition coefficient (Wildman–Crippen LogP) is 1.98. The highest BCUT2D eigenvalue weighted by atomic mass is 16.5. The van der Waals surface area contributed by atoms with Crippen LogP contribution < -0.4 is 10.6 Å².